The van der Waals surface area contributed by atoms with Crippen molar-refractivity contribution in [3.05, 3.63) is 23.2 Å². The molecule has 1 aromatic carbocycles. The second-order valence-corrected chi connectivity index (χ2v) is 7.16. The lowest BCUT2D eigenvalue weighted by atomic mass is 9.84. The fraction of sp³-hybridized carbons (Fsp3) is 0.571. The highest BCUT2D eigenvalue weighted by atomic mass is 35.5. The third-order valence-corrected chi connectivity index (χ3v) is 5.56. The minimum absolute atomic E-state index is 0.0356. The molecule has 7 heteroatoms. The Morgan fingerprint density at radius 2 is 1.95 bits per heavy atom. The fourth-order valence-electron chi connectivity index (χ4n) is 1.97. The van der Waals surface area contributed by atoms with Crippen LogP contribution >= 0.6 is 11.6 Å². The first-order chi connectivity index (χ1) is 9.84. The number of hydrogen-bond donors (Lipinski definition) is 2. The summed E-state index contributed by atoms with van der Waals surface area (Å²) in [5.41, 5.74) is -0.452. The summed E-state index contributed by atoms with van der Waals surface area (Å²) in [6, 6.07) is 4.36. The van der Waals surface area contributed by atoms with Crippen LogP contribution < -0.4 is 9.46 Å². The van der Waals surface area contributed by atoms with Crippen molar-refractivity contribution in [3.63, 3.8) is 0 Å². The molecule has 0 aromatic heterocycles. The van der Waals surface area contributed by atoms with Crippen LogP contribution in [0.3, 0.4) is 0 Å². The first-order valence-electron chi connectivity index (χ1n) is 6.78. The molecule has 0 atom stereocenters. The Morgan fingerprint density at radius 1 is 1.33 bits per heavy atom. The van der Waals surface area contributed by atoms with Crippen molar-refractivity contribution in [3.8, 4) is 5.75 Å². The molecule has 0 saturated heterocycles. The van der Waals surface area contributed by atoms with Crippen LogP contribution in [-0.2, 0) is 10.0 Å². The topological polar surface area (TPSA) is 75.6 Å². The first kappa shape index (κ1) is 18.2. The van der Waals surface area contributed by atoms with Gasteiger partial charge in [0.1, 0.15) is 10.6 Å². The maximum absolute atomic E-state index is 12.4. The van der Waals surface area contributed by atoms with Crippen molar-refractivity contribution >= 4 is 21.6 Å². The van der Waals surface area contributed by atoms with E-state index in [1.807, 2.05) is 13.8 Å². The zero-order valence-electron chi connectivity index (χ0n) is 12.5. The van der Waals surface area contributed by atoms with E-state index in [0.717, 1.165) is 0 Å². The highest BCUT2D eigenvalue weighted by Crippen LogP contribution is 2.29. The molecular formula is C14H22ClNO4S. The van der Waals surface area contributed by atoms with E-state index in [1.165, 1.54) is 25.3 Å². The van der Waals surface area contributed by atoms with Gasteiger partial charge in [-0.3, -0.25) is 0 Å². The molecule has 1 aromatic rings. The summed E-state index contributed by atoms with van der Waals surface area (Å²) in [5, 5.41) is 9.90. The van der Waals surface area contributed by atoms with Gasteiger partial charge in [-0.25, -0.2) is 13.1 Å². The third-order valence-electron chi connectivity index (χ3n) is 3.89. The molecule has 0 aliphatic rings. The van der Waals surface area contributed by atoms with Crippen LogP contribution in [0.25, 0.3) is 0 Å². The summed E-state index contributed by atoms with van der Waals surface area (Å²) in [7, 11) is -2.34. The van der Waals surface area contributed by atoms with Gasteiger partial charge in [0.15, 0.2) is 0 Å². The summed E-state index contributed by atoms with van der Waals surface area (Å²) < 4.78 is 32.4. The minimum Gasteiger partial charge on any atom is -0.495 e. The summed E-state index contributed by atoms with van der Waals surface area (Å²) in [6.45, 7) is 3.96. The smallest absolute Gasteiger partial charge is 0.244 e. The molecule has 5 nitrogen and oxygen atoms in total. The van der Waals surface area contributed by atoms with Gasteiger partial charge in [0, 0.05) is 29.7 Å². The van der Waals surface area contributed by atoms with E-state index in [2.05, 4.69) is 4.72 Å². The first-order valence-corrected chi connectivity index (χ1v) is 8.64. The number of halogens is 1. The van der Waals surface area contributed by atoms with E-state index in [1.54, 1.807) is 0 Å². The molecule has 0 fully saturated rings. The lowest BCUT2D eigenvalue weighted by Crippen LogP contribution is -2.39. The van der Waals surface area contributed by atoms with Crippen LogP contribution in [0.5, 0.6) is 5.75 Å². The van der Waals surface area contributed by atoms with Crippen LogP contribution in [0.1, 0.15) is 26.7 Å². The van der Waals surface area contributed by atoms with Gasteiger partial charge in [-0.2, -0.15) is 0 Å². The van der Waals surface area contributed by atoms with Crippen molar-refractivity contribution in [1.82, 2.24) is 4.72 Å². The lowest BCUT2D eigenvalue weighted by Gasteiger charge is -2.29. The number of rotatable bonds is 8. The SMILES string of the molecule is CCC(CC)(CO)CNS(=O)(=O)c1ccc(Cl)cc1OC. The second-order valence-electron chi connectivity index (χ2n) is 4.98. The monoisotopic (exact) mass is 335 g/mol. The predicted octanol–water partition coefficient (Wildman–Crippen LogP) is 2.43. The number of aliphatic hydroxyl groups excluding tert-OH is 1. The van der Waals surface area contributed by atoms with Gasteiger partial charge in [0.2, 0.25) is 10.0 Å². The summed E-state index contributed by atoms with van der Waals surface area (Å²) in [5.74, 6) is 0.192. The summed E-state index contributed by atoms with van der Waals surface area (Å²) >= 11 is 5.83. The molecule has 0 aliphatic carbocycles. The Hall–Kier alpha value is -0.820. The van der Waals surface area contributed by atoms with Crippen molar-refractivity contribution in [1.29, 1.82) is 0 Å². The summed E-state index contributed by atoms with van der Waals surface area (Å²) in [4.78, 5) is 0.0356. The van der Waals surface area contributed by atoms with Crippen LogP contribution in [0.4, 0.5) is 0 Å². The summed E-state index contributed by atoms with van der Waals surface area (Å²) in [6.07, 6.45) is 1.36. The molecule has 0 spiro atoms. The number of ether oxygens (including phenoxy) is 1. The zero-order chi connectivity index (χ0) is 16.1. The third kappa shape index (κ3) is 4.32. The second kappa shape index (κ2) is 7.45. The molecule has 0 unspecified atom stereocenters. The molecule has 21 heavy (non-hydrogen) atoms. The molecule has 2 N–H and O–H groups in total. The fourth-order valence-corrected chi connectivity index (χ4v) is 3.44. The van der Waals surface area contributed by atoms with Gasteiger partial charge in [0.25, 0.3) is 0 Å². The minimum atomic E-state index is -3.73. The standard InChI is InChI=1S/C14H22ClNO4S/c1-4-14(5-2,10-17)9-16-21(18,19)13-7-6-11(15)8-12(13)20-3/h6-8,16-17H,4-5,9-10H2,1-3H3. The average molecular weight is 336 g/mol. The van der Waals surface area contributed by atoms with E-state index >= 15 is 0 Å². The number of benzene rings is 1. The maximum atomic E-state index is 12.4. The van der Waals surface area contributed by atoms with E-state index in [-0.39, 0.29) is 23.8 Å². The molecule has 120 valence electrons. The lowest BCUT2D eigenvalue weighted by molar-refractivity contribution is 0.119. The van der Waals surface area contributed by atoms with Crippen LogP contribution in [0, 0.1) is 5.41 Å². The van der Waals surface area contributed by atoms with Gasteiger partial charge in [-0.05, 0) is 25.0 Å². The van der Waals surface area contributed by atoms with Crippen molar-refractivity contribution < 1.29 is 18.3 Å². The largest absolute Gasteiger partial charge is 0.495 e. The quantitative estimate of drug-likeness (QED) is 0.765. The Kier molecular flexibility index (Phi) is 6.46. The molecule has 0 amide bonds. The number of methoxy groups -OCH3 is 1. The highest BCUT2D eigenvalue weighted by molar-refractivity contribution is 7.89. The van der Waals surface area contributed by atoms with Crippen LogP contribution in [0.15, 0.2) is 23.1 Å². The number of aliphatic hydroxyl groups is 1. The average Bonchev–Trinajstić information content (AvgIpc) is 2.48. The molecule has 0 aliphatic heterocycles. The Labute approximate surface area is 131 Å². The Balaban J connectivity index is 3.02. The van der Waals surface area contributed by atoms with E-state index in [4.69, 9.17) is 16.3 Å². The van der Waals surface area contributed by atoms with Gasteiger partial charge in [0.05, 0.1) is 7.11 Å². The van der Waals surface area contributed by atoms with Crippen molar-refractivity contribution in [2.45, 2.75) is 31.6 Å². The number of nitrogens with one attached hydrogen (secondary N) is 1. The molecule has 0 saturated carbocycles. The number of hydrogen-bond acceptors (Lipinski definition) is 4. The normalized spacial score (nSPS) is 12.4. The van der Waals surface area contributed by atoms with Crippen molar-refractivity contribution in [2.75, 3.05) is 20.3 Å². The Bertz CT molecular complexity index is 562. The van der Waals surface area contributed by atoms with Gasteiger partial charge >= 0.3 is 0 Å². The van der Waals surface area contributed by atoms with Crippen LogP contribution in [0.2, 0.25) is 5.02 Å². The molecule has 1 rings (SSSR count). The molecule has 0 radical (unpaired) electrons. The van der Waals surface area contributed by atoms with E-state index < -0.39 is 15.4 Å². The number of sulfonamides is 1. The van der Waals surface area contributed by atoms with E-state index in [0.29, 0.717) is 17.9 Å². The molecular weight excluding hydrogens is 314 g/mol. The van der Waals surface area contributed by atoms with Crippen molar-refractivity contribution in [2.24, 2.45) is 5.41 Å². The Morgan fingerprint density at radius 3 is 2.43 bits per heavy atom. The van der Waals surface area contributed by atoms with Crippen LogP contribution in [-0.4, -0.2) is 33.8 Å². The molecule has 0 heterocycles. The van der Waals surface area contributed by atoms with E-state index in [9.17, 15) is 13.5 Å². The van der Waals surface area contributed by atoms with Gasteiger partial charge in [-0.1, -0.05) is 25.4 Å². The highest BCUT2D eigenvalue weighted by Gasteiger charge is 2.29. The predicted molar refractivity (Wildman–Crippen MR) is 83.3 cm³/mol. The van der Waals surface area contributed by atoms with Gasteiger partial charge < -0.3 is 9.84 Å². The molecule has 0 bridgehead atoms. The maximum Gasteiger partial charge on any atom is 0.244 e. The van der Waals surface area contributed by atoms with Gasteiger partial charge in [-0.15, -0.1) is 0 Å². The zero-order valence-corrected chi connectivity index (χ0v) is 14.1.